The quantitative estimate of drug-likeness (QED) is 0.249. The van der Waals surface area contributed by atoms with Crippen LogP contribution in [0.25, 0.3) is 0 Å². The van der Waals surface area contributed by atoms with Crippen LogP contribution in [0.2, 0.25) is 0 Å². The Labute approximate surface area is 154 Å². The molecule has 11 heteroatoms. The first-order chi connectivity index (χ1) is 12.2. The third-order valence-electron chi connectivity index (χ3n) is 3.14. The number of nitrogens with two attached hydrogens (primary N) is 1. The Kier molecular flexibility index (Phi) is 5.85. The number of hydrogen-bond acceptors (Lipinski definition) is 7. The van der Waals surface area contributed by atoms with Crippen LogP contribution < -0.4 is 15.3 Å². The molecule has 2 aromatic rings. The summed E-state index contributed by atoms with van der Waals surface area (Å²) in [6.45, 7) is 1.52. The highest BCUT2D eigenvalue weighted by atomic mass is 32.2. The van der Waals surface area contributed by atoms with E-state index in [1.54, 1.807) is 12.1 Å². The van der Waals surface area contributed by atoms with Gasteiger partial charge in [0.25, 0.3) is 5.69 Å². The number of thiocarbonyl (C=S) groups is 1. The summed E-state index contributed by atoms with van der Waals surface area (Å²) in [4.78, 5) is 10.0. The lowest BCUT2D eigenvalue weighted by Crippen LogP contribution is -2.23. The van der Waals surface area contributed by atoms with Crippen LogP contribution >= 0.6 is 12.2 Å². The molecule has 0 aliphatic carbocycles. The molecule has 0 radical (unpaired) electrons. The van der Waals surface area contributed by atoms with Crippen molar-refractivity contribution < 1.29 is 17.5 Å². The van der Waals surface area contributed by atoms with Gasteiger partial charge in [-0.1, -0.05) is 6.07 Å². The molecule has 3 N–H and O–H groups in total. The average Bonchev–Trinajstić information content (AvgIpc) is 2.56. The monoisotopic (exact) mass is 394 g/mol. The van der Waals surface area contributed by atoms with Gasteiger partial charge in [0, 0.05) is 11.6 Å². The number of nitrogens with one attached hydrogen (secondary N) is 1. The standard InChI is InChI=1S/C15H14N4O5S2/c1-10-2-7-13(8-14(10)19(20)21)26(22,23)24-12-5-3-11(4-6-12)9-17-18-15(16)25/h2-9H,1H3,(H3,16,18,25)/b17-9+. The van der Waals surface area contributed by atoms with Crippen LogP contribution in [-0.2, 0) is 10.1 Å². The first kappa shape index (κ1) is 19.3. The Balaban J connectivity index is 2.19. The predicted octanol–water partition coefficient (Wildman–Crippen LogP) is 1.84. The third kappa shape index (κ3) is 4.97. The minimum atomic E-state index is -4.21. The van der Waals surface area contributed by atoms with Crippen molar-refractivity contribution in [3.63, 3.8) is 0 Å². The number of hydrazone groups is 1. The minimum absolute atomic E-state index is 0.0134. The zero-order chi connectivity index (χ0) is 19.3. The molecule has 2 aromatic carbocycles. The molecule has 0 aliphatic heterocycles. The van der Waals surface area contributed by atoms with Gasteiger partial charge in [-0.3, -0.25) is 15.5 Å². The molecular weight excluding hydrogens is 380 g/mol. The maximum absolute atomic E-state index is 12.3. The smallest absolute Gasteiger partial charge is 0.339 e. The Hall–Kier alpha value is -3.05. The van der Waals surface area contributed by atoms with Gasteiger partial charge in [-0.2, -0.15) is 13.5 Å². The summed E-state index contributed by atoms with van der Waals surface area (Å²) in [6, 6.07) is 9.53. The molecule has 26 heavy (non-hydrogen) atoms. The van der Waals surface area contributed by atoms with Crippen molar-refractivity contribution in [2.75, 3.05) is 0 Å². The van der Waals surface area contributed by atoms with E-state index in [0.29, 0.717) is 11.1 Å². The molecule has 9 nitrogen and oxygen atoms in total. The van der Waals surface area contributed by atoms with E-state index in [9.17, 15) is 18.5 Å². The highest BCUT2D eigenvalue weighted by molar-refractivity contribution is 7.87. The van der Waals surface area contributed by atoms with E-state index < -0.39 is 15.0 Å². The maximum atomic E-state index is 12.3. The lowest BCUT2D eigenvalue weighted by atomic mass is 10.2. The van der Waals surface area contributed by atoms with Gasteiger partial charge >= 0.3 is 10.1 Å². The fourth-order valence-corrected chi connectivity index (χ4v) is 2.90. The van der Waals surface area contributed by atoms with Crippen LogP contribution in [0.1, 0.15) is 11.1 Å². The average molecular weight is 394 g/mol. The van der Waals surface area contributed by atoms with Gasteiger partial charge in [0.15, 0.2) is 5.11 Å². The first-order valence-corrected chi connectivity index (χ1v) is 8.89. The first-order valence-electron chi connectivity index (χ1n) is 7.07. The van der Waals surface area contributed by atoms with Gasteiger partial charge in [0.2, 0.25) is 0 Å². The van der Waals surface area contributed by atoms with Crippen molar-refractivity contribution in [3.8, 4) is 5.75 Å². The lowest BCUT2D eigenvalue weighted by molar-refractivity contribution is -0.385. The van der Waals surface area contributed by atoms with Crippen molar-refractivity contribution in [1.29, 1.82) is 0 Å². The maximum Gasteiger partial charge on any atom is 0.339 e. The zero-order valence-electron chi connectivity index (χ0n) is 13.4. The molecule has 0 atom stereocenters. The topological polar surface area (TPSA) is 137 Å². The van der Waals surface area contributed by atoms with Gasteiger partial charge in [-0.15, -0.1) is 0 Å². The van der Waals surface area contributed by atoms with Crippen molar-refractivity contribution in [1.82, 2.24) is 5.43 Å². The molecular formula is C15H14N4O5S2. The Morgan fingerprint density at radius 1 is 1.31 bits per heavy atom. The second-order valence-corrected chi connectivity index (χ2v) is 7.03. The van der Waals surface area contributed by atoms with E-state index in [0.717, 1.165) is 6.07 Å². The summed E-state index contributed by atoms with van der Waals surface area (Å²) in [5.41, 5.74) is 8.30. The fraction of sp³-hybridized carbons (Fsp3) is 0.0667. The largest absolute Gasteiger partial charge is 0.379 e. The van der Waals surface area contributed by atoms with Gasteiger partial charge in [0.1, 0.15) is 10.6 Å². The molecule has 0 saturated carbocycles. The number of hydrogen-bond donors (Lipinski definition) is 2. The van der Waals surface area contributed by atoms with E-state index in [1.165, 1.54) is 37.4 Å². The van der Waals surface area contributed by atoms with E-state index in [-0.39, 0.29) is 21.4 Å². The summed E-state index contributed by atoms with van der Waals surface area (Å²) >= 11 is 4.60. The fourth-order valence-electron chi connectivity index (χ4n) is 1.90. The van der Waals surface area contributed by atoms with Crippen LogP contribution in [-0.4, -0.2) is 24.7 Å². The van der Waals surface area contributed by atoms with E-state index >= 15 is 0 Å². The Bertz CT molecular complexity index is 972. The van der Waals surface area contributed by atoms with E-state index in [4.69, 9.17) is 9.92 Å². The molecule has 0 bridgehead atoms. The van der Waals surface area contributed by atoms with Crippen molar-refractivity contribution in [3.05, 3.63) is 63.7 Å². The van der Waals surface area contributed by atoms with Crippen LogP contribution in [0, 0.1) is 17.0 Å². The third-order valence-corrected chi connectivity index (χ3v) is 4.47. The van der Waals surface area contributed by atoms with Crippen LogP contribution in [0.15, 0.2) is 52.5 Å². The summed E-state index contributed by atoms with van der Waals surface area (Å²) in [5, 5.41) is 14.7. The molecule has 2 rings (SSSR count). The van der Waals surface area contributed by atoms with Gasteiger partial charge in [0.05, 0.1) is 11.1 Å². The number of nitro groups is 1. The summed E-state index contributed by atoms with van der Waals surface area (Å²) in [7, 11) is -4.21. The molecule has 0 aromatic heterocycles. The summed E-state index contributed by atoms with van der Waals surface area (Å²) < 4.78 is 29.6. The molecule has 0 spiro atoms. The minimum Gasteiger partial charge on any atom is -0.379 e. The van der Waals surface area contributed by atoms with E-state index in [2.05, 4.69) is 22.7 Å². The second kappa shape index (κ2) is 7.89. The number of rotatable bonds is 6. The molecule has 0 unspecified atom stereocenters. The summed E-state index contributed by atoms with van der Waals surface area (Å²) in [5.74, 6) is 0.0488. The molecule has 0 amide bonds. The SMILES string of the molecule is Cc1ccc(S(=O)(=O)Oc2ccc(/C=N/NC(N)=S)cc2)cc1[N+](=O)[O-]. The zero-order valence-corrected chi connectivity index (χ0v) is 15.1. The Morgan fingerprint density at radius 3 is 2.54 bits per heavy atom. The molecule has 0 saturated heterocycles. The summed E-state index contributed by atoms with van der Waals surface area (Å²) in [6.07, 6.45) is 1.43. The number of aryl methyl sites for hydroxylation is 1. The normalized spacial score (nSPS) is 11.3. The number of nitrogens with zero attached hydrogens (tertiary/aromatic N) is 2. The number of nitro benzene ring substituents is 1. The van der Waals surface area contributed by atoms with Gasteiger partial charge < -0.3 is 9.92 Å². The van der Waals surface area contributed by atoms with E-state index in [1.807, 2.05) is 0 Å². The molecule has 0 aliphatic rings. The van der Waals surface area contributed by atoms with Crippen LogP contribution in [0.4, 0.5) is 5.69 Å². The molecule has 0 fully saturated rings. The predicted molar refractivity (Wildman–Crippen MR) is 99.6 cm³/mol. The highest BCUT2D eigenvalue weighted by Crippen LogP contribution is 2.25. The van der Waals surface area contributed by atoms with Crippen LogP contribution in [0.5, 0.6) is 5.75 Å². The van der Waals surface area contributed by atoms with Crippen LogP contribution in [0.3, 0.4) is 0 Å². The van der Waals surface area contributed by atoms with Crippen molar-refractivity contribution in [2.45, 2.75) is 11.8 Å². The van der Waals surface area contributed by atoms with Gasteiger partial charge in [-0.05, 0) is 55.0 Å². The van der Waals surface area contributed by atoms with Crippen molar-refractivity contribution in [2.24, 2.45) is 10.8 Å². The van der Waals surface area contributed by atoms with Gasteiger partial charge in [-0.25, -0.2) is 0 Å². The molecule has 136 valence electrons. The second-order valence-electron chi connectivity index (χ2n) is 5.05. The number of benzene rings is 2. The highest BCUT2D eigenvalue weighted by Gasteiger charge is 2.21. The lowest BCUT2D eigenvalue weighted by Gasteiger charge is -2.08. The molecule has 0 heterocycles. The van der Waals surface area contributed by atoms with Crippen molar-refractivity contribution >= 4 is 39.4 Å². The Morgan fingerprint density at radius 2 is 1.96 bits per heavy atom.